The van der Waals surface area contributed by atoms with Crippen molar-refractivity contribution >= 4 is 22.6 Å². The molecule has 0 saturated heterocycles. The van der Waals surface area contributed by atoms with Gasteiger partial charge in [-0.25, -0.2) is 4.79 Å². The van der Waals surface area contributed by atoms with Gasteiger partial charge in [0.15, 0.2) is 0 Å². The summed E-state index contributed by atoms with van der Waals surface area (Å²) in [6, 6.07) is 4.65. The molecule has 1 aromatic heterocycles. The molecular weight excluding hydrogens is 417 g/mol. The van der Waals surface area contributed by atoms with E-state index in [1.54, 1.807) is 6.26 Å². The summed E-state index contributed by atoms with van der Waals surface area (Å²) in [5.74, 6) is 0.0264. The number of anilines is 1. The first-order chi connectivity index (χ1) is 13.8. The van der Waals surface area contributed by atoms with Gasteiger partial charge in [-0.3, -0.25) is 18.9 Å². The van der Waals surface area contributed by atoms with Crippen molar-refractivity contribution in [3.63, 3.8) is 0 Å². The lowest BCUT2D eigenvalue weighted by molar-refractivity contribution is -0.137. The monoisotopic (exact) mass is 442 g/mol. The lowest BCUT2D eigenvalue weighted by Crippen LogP contribution is -2.43. The van der Waals surface area contributed by atoms with E-state index in [1.165, 1.54) is 35.5 Å². The Labute approximate surface area is 176 Å². The molecule has 30 heavy (non-hydrogen) atoms. The molecule has 0 bridgehead atoms. The number of alkyl halides is 3. The first-order valence-electron chi connectivity index (χ1n) is 9.10. The number of thioether (sulfide) groups is 1. The van der Waals surface area contributed by atoms with Crippen LogP contribution in [0, 0.1) is 5.41 Å². The van der Waals surface area contributed by atoms with Gasteiger partial charge in [-0.1, -0.05) is 32.9 Å². The van der Waals surface area contributed by atoms with Gasteiger partial charge in [-0.05, 0) is 29.4 Å². The summed E-state index contributed by atoms with van der Waals surface area (Å²) >= 11 is 1.18. The smallest absolute Gasteiger partial charge is 0.384 e. The molecule has 1 heterocycles. The van der Waals surface area contributed by atoms with Crippen molar-refractivity contribution in [2.75, 3.05) is 12.0 Å². The van der Waals surface area contributed by atoms with Gasteiger partial charge in [-0.15, -0.1) is 11.8 Å². The summed E-state index contributed by atoms with van der Waals surface area (Å²) in [6.45, 7) is 6.20. The van der Waals surface area contributed by atoms with E-state index in [9.17, 15) is 22.8 Å². The third-order valence-corrected chi connectivity index (χ3v) is 5.03. The van der Waals surface area contributed by atoms with Crippen LogP contribution < -0.4 is 17.0 Å². The number of aliphatic imine (C=N–C) groups is 1. The summed E-state index contributed by atoms with van der Waals surface area (Å²) < 4.78 is 40.5. The molecular formula is C20H25F3N4O2S. The largest absolute Gasteiger partial charge is 0.416 e. The number of aromatic nitrogens is 2. The Balaban J connectivity index is 2.49. The lowest BCUT2D eigenvalue weighted by Gasteiger charge is -2.23. The number of hydrogen-bond donors (Lipinski definition) is 1. The normalized spacial score (nSPS) is 13.0. The molecule has 0 fully saturated rings. The van der Waals surface area contributed by atoms with Crippen molar-refractivity contribution in [1.82, 2.24) is 9.13 Å². The molecule has 0 aliphatic rings. The van der Waals surface area contributed by atoms with E-state index in [1.807, 2.05) is 20.8 Å². The molecule has 0 amide bonds. The van der Waals surface area contributed by atoms with Crippen molar-refractivity contribution in [2.45, 2.75) is 40.0 Å². The molecule has 1 aromatic carbocycles. The van der Waals surface area contributed by atoms with E-state index >= 15 is 0 Å². The van der Waals surface area contributed by atoms with Crippen LogP contribution in [-0.2, 0) is 26.3 Å². The maximum Gasteiger partial charge on any atom is 0.416 e. The number of rotatable bonds is 4. The summed E-state index contributed by atoms with van der Waals surface area (Å²) in [5.41, 5.74) is 4.78. The van der Waals surface area contributed by atoms with Gasteiger partial charge < -0.3 is 5.73 Å². The zero-order valence-corrected chi connectivity index (χ0v) is 18.3. The lowest BCUT2D eigenvalue weighted by atomic mass is 9.97. The summed E-state index contributed by atoms with van der Waals surface area (Å²) in [4.78, 5) is 29.7. The van der Waals surface area contributed by atoms with Gasteiger partial charge in [0.1, 0.15) is 16.4 Å². The Morgan fingerprint density at radius 3 is 2.17 bits per heavy atom. The standard InChI is InChI=1S/C20H25F3N4O2S/c1-19(2,3)11-27-15(24)14(17(28)26(4)18(27)29)16(30-5)25-10-12-6-8-13(9-7-12)20(21,22)23/h6-9H,10-11,24H2,1-5H3. The van der Waals surface area contributed by atoms with Crippen molar-refractivity contribution in [3.05, 3.63) is 61.8 Å². The first kappa shape index (κ1) is 23.8. The highest BCUT2D eigenvalue weighted by Gasteiger charge is 2.30. The summed E-state index contributed by atoms with van der Waals surface area (Å²) in [5, 5.41) is 0.315. The number of halogens is 3. The van der Waals surface area contributed by atoms with Crippen LogP contribution in [0.2, 0.25) is 0 Å². The van der Waals surface area contributed by atoms with E-state index in [0.29, 0.717) is 17.2 Å². The average Bonchev–Trinajstić information content (AvgIpc) is 2.65. The number of benzene rings is 1. The molecule has 0 spiro atoms. The van der Waals surface area contributed by atoms with Crippen LogP contribution in [0.25, 0.3) is 0 Å². The predicted octanol–water partition coefficient (Wildman–Crippen LogP) is 3.50. The van der Waals surface area contributed by atoms with Crippen molar-refractivity contribution in [1.29, 1.82) is 0 Å². The Bertz CT molecular complexity index is 1060. The fourth-order valence-corrected chi connectivity index (χ4v) is 3.41. The Morgan fingerprint density at radius 1 is 1.13 bits per heavy atom. The van der Waals surface area contributed by atoms with Crippen LogP contribution in [0.3, 0.4) is 0 Å². The van der Waals surface area contributed by atoms with Gasteiger partial charge in [-0.2, -0.15) is 13.2 Å². The van der Waals surface area contributed by atoms with Gasteiger partial charge >= 0.3 is 11.9 Å². The molecule has 0 saturated carbocycles. The topological polar surface area (TPSA) is 82.4 Å². The van der Waals surface area contributed by atoms with E-state index in [2.05, 4.69) is 4.99 Å². The number of hydrogen-bond acceptors (Lipinski definition) is 5. The van der Waals surface area contributed by atoms with Crippen molar-refractivity contribution in [2.24, 2.45) is 17.5 Å². The Hall–Kier alpha value is -2.49. The minimum absolute atomic E-state index is 0.0264. The van der Waals surface area contributed by atoms with Gasteiger partial charge in [0.05, 0.1) is 12.1 Å². The van der Waals surface area contributed by atoms with E-state index in [0.717, 1.165) is 16.7 Å². The SMILES string of the molecule is CSC(=NCc1ccc(C(F)(F)F)cc1)c1c(N)n(CC(C)(C)C)c(=O)n(C)c1=O. The minimum atomic E-state index is -4.41. The summed E-state index contributed by atoms with van der Waals surface area (Å²) in [6.07, 6.45) is -2.70. The average molecular weight is 443 g/mol. The molecule has 2 N–H and O–H groups in total. The van der Waals surface area contributed by atoms with Gasteiger partial charge in [0.2, 0.25) is 0 Å². The minimum Gasteiger partial charge on any atom is -0.384 e. The Kier molecular flexibility index (Phi) is 6.90. The fourth-order valence-electron chi connectivity index (χ4n) is 2.82. The van der Waals surface area contributed by atoms with Crippen LogP contribution in [0.4, 0.5) is 19.0 Å². The van der Waals surface area contributed by atoms with Crippen LogP contribution in [-0.4, -0.2) is 20.4 Å². The third-order valence-electron chi connectivity index (χ3n) is 4.31. The summed E-state index contributed by atoms with van der Waals surface area (Å²) in [7, 11) is 1.38. The highest BCUT2D eigenvalue weighted by atomic mass is 32.2. The van der Waals surface area contributed by atoms with Crippen LogP contribution in [0.1, 0.15) is 37.5 Å². The van der Waals surface area contributed by atoms with Gasteiger partial charge in [0.25, 0.3) is 5.56 Å². The van der Waals surface area contributed by atoms with Gasteiger partial charge in [0, 0.05) is 13.6 Å². The molecule has 0 aliphatic heterocycles. The first-order valence-corrected chi connectivity index (χ1v) is 10.3. The second-order valence-corrected chi connectivity index (χ2v) is 8.87. The van der Waals surface area contributed by atoms with Crippen molar-refractivity contribution in [3.8, 4) is 0 Å². The molecule has 0 atom stereocenters. The zero-order chi connectivity index (χ0) is 22.9. The molecule has 2 aromatic rings. The van der Waals surface area contributed by atoms with E-state index in [-0.39, 0.29) is 23.3 Å². The predicted molar refractivity (Wildman–Crippen MR) is 115 cm³/mol. The fraction of sp³-hybridized carbons (Fsp3) is 0.450. The van der Waals surface area contributed by atoms with E-state index < -0.39 is 23.0 Å². The molecule has 0 unspecified atom stereocenters. The maximum atomic E-state index is 12.7. The second-order valence-electron chi connectivity index (χ2n) is 8.07. The second kappa shape index (κ2) is 8.71. The maximum absolute atomic E-state index is 12.7. The molecule has 10 heteroatoms. The molecule has 0 aliphatic carbocycles. The number of nitrogens with zero attached hydrogens (tertiary/aromatic N) is 3. The Morgan fingerprint density at radius 2 is 1.70 bits per heavy atom. The zero-order valence-electron chi connectivity index (χ0n) is 17.5. The van der Waals surface area contributed by atoms with Crippen LogP contribution in [0.5, 0.6) is 0 Å². The molecule has 0 radical (unpaired) electrons. The number of nitrogens with two attached hydrogens (primary N) is 1. The number of nitrogen functional groups attached to an aromatic ring is 1. The quantitative estimate of drug-likeness (QED) is 0.580. The third kappa shape index (κ3) is 5.35. The highest BCUT2D eigenvalue weighted by molar-refractivity contribution is 8.13. The van der Waals surface area contributed by atoms with Crippen LogP contribution in [0.15, 0.2) is 38.8 Å². The van der Waals surface area contributed by atoms with Crippen molar-refractivity contribution < 1.29 is 13.2 Å². The molecule has 2 rings (SSSR count). The van der Waals surface area contributed by atoms with E-state index in [4.69, 9.17) is 5.73 Å². The highest BCUT2D eigenvalue weighted by Crippen LogP contribution is 2.29. The molecule has 164 valence electrons. The van der Waals surface area contributed by atoms with Crippen LogP contribution >= 0.6 is 11.8 Å². The molecule has 6 nitrogen and oxygen atoms in total.